The van der Waals surface area contributed by atoms with E-state index in [0.717, 1.165) is 11.6 Å². The lowest BCUT2D eigenvalue weighted by atomic mass is 10.7. The summed E-state index contributed by atoms with van der Waals surface area (Å²) in [7, 11) is 0. The molecule has 0 aromatic carbocycles. The molecular formula is C12H16N4. The fourth-order valence-electron chi connectivity index (χ4n) is 1.16. The Labute approximate surface area is 95.6 Å². The first-order chi connectivity index (χ1) is 7.69. The van der Waals surface area contributed by atoms with Gasteiger partial charge < -0.3 is 9.13 Å². The van der Waals surface area contributed by atoms with E-state index in [1.807, 2.05) is 35.4 Å². The first-order valence-electron chi connectivity index (χ1n) is 4.93. The largest absolute Gasteiger partial charge is 0.311 e. The van der Waals surface area contributed by atoms with Crippen LogP contribution >= 0.6 is 0 Å². The number of rotatable bonds is 2. The molecule has 0 fully saturated rings. The van der Waals surface area contributed by atoms with Crippen molar-refractivity contribution in [1.82, 2.24) is 19.1 Å². The first kappa shape index (κ1) is 12.0. The van der Waals surface area contributed by atoms with E-state index in [2.05, 4.69) is 23.1 Å². The highest BCUT2D eigenvalue weighted by Crippen LogP contribution is 1.93. The van der Waals surface area contributed by atoms with Gasteiger partial charge in [-0.05, 0) is 13.8 Å². The fourth-order valence-corrected chi connectivity index (χ4v) is 1.16. The summed E-state index contributed by atoms with van der Waals surface area (Å²) in [4.78, 5) is 7.96. The average molecular weight is 216 g/mol. The molecule has 0 aliphatic heterocycles. The average Bonchev–Trinajstić information content (AvgIpc) is 2.87. The number of aryl methyl sites for hydroxylation is 2. The molecule has 0 saturated carbocycles. The van der Waals surface area contributed by atoms with Gasteiger partial charge in [0.15, 0.2) is 0 Å². The van der Waals surface area contributed by atoms with E-state index >= 15 is 0 Å². The maximum absolute atomic E-state index is 3.98. The highest BCUT2D eigenvalue weighted by atomic mass is 15.0. The minimum absolute atomic E-state index is 0.972. The molecule has 0 amide bonds. The van der Waals surface area contributed by atoms with Gasteiger partial charge in [-0.25, -0.2) is 9.97 Å². The molecule has 0 N–H and O–H groups in total. The molecule has 2 aromatic rings. The van der Waals surface area contributed by atoms with Crippen LogP contribution < -0.4 is 0 Å². The number of aromatic nitrogens is 4. The Balaban J connectivity index is 0.000000160. The van der Waals surface area contributed by atoms with Crippen LogP contribution in [0.5, 0.6) is 0 Å². The van der Waals surface area contributed by atoms with Crippen LogP contribution in [0.1, 0.15) is 11.6 Å². The molecule has 0 spiro atoms. The minimum atomic E-state index is 0.972. The summed E-state index contributed by atoms with van der Waals surface area (Å²) in [5, 5.41) is 0. The topological polar surface area (TPSA) is 35.6 Å². The van der Waals surface area contributed by atoms with Crippen LogP contribution in [0.25, 0.3) is 12.4 Å². The molecular weight excluding hydrogens is 200 g/mol. The molecule has 0 aliphatic rings. The Bertz CT molecular complexity index is 421. The molecule has 4 nitrogen and oxygen atoms in total. The Hall–Kier alpha value is -2.10. The van der Waals surface area contributed by atoms with Gasteiger partial charge in [0.1, 0.15) is 11.6 Å². The third kappa shape index (κ3) is 2.95. The van der Waals surface area contributed by atoms with E-state index in [0.29, 0.717) is 0 Å². The van der Waals surface area contributed by atoms with Crippen molar-refractivity contribution in [2.45, 2.75) is 13.8 Å². The van der Waals surface area contributed by atoms with Crippen molar-refractivity contribution in [3.8, 4) is 0 Å². The van der Waals surface area contributed by atoms with Crippen LogP contribution in [-0.2, 0) is 0 Å². The molecule has 0 saturated heterocycles. The van der Waals surface area contributed by atoms with Gasteiger partial charge in [-0.2, -0.15) is 0 Å². The highest BCUT2D eigenvalue weighted by Gasteiger charge is 1.87. The van der Waals surface area contributed by atoms with E-state index in [-0.39, 0.29) is 0 Å². The molecule has 0 atom stereocenters. The van der Waals surface area contributed by atoms with Crippen molar-refractivity contribution >= 4 is 12.4 Å². The summed E-state index contributed by atoms with van der Waals surface area (Å²) in [6.45, 7) is 11.0. The number of imidazole rings is 2. The van der Waals surface area contributed by atoms with Gasteiger partial charge in [0.2, 0.25) is 0 Å². The van der Waals surface area contributed by atoms with E-state index < -0.39 is 0 Å². The van der Waals surface area contributed by atoms with Gasteiger partial charge in [0.05, 0.1) is 0 Å². The summed E-state index contributed by atoms with van der Waals surface area (Å²) in [5.74, 6) is 1.94. The van der Waals surface area contributed by atoms with Crippen molar-refractivity contribution in [3.63, 3.8) is 0 Å². The van der Waals surface area contributed by atoms with Crippen molar-refractivity contribution in [2.24, 2.45) is 0 Å². The quantitative estimate of drug-likeness (QED) is 0.773. The summed E-state index contributed by atoms with van der Waals surface area (Å²) < 4.78 is 3.72. The van der Waals surface area contributed by atoms with Crippen LogP contribution in [0.4, 0.5) is 0 Å². The molecule has 2 heterocycles. The van der Waals surface area contributed by atoms with Crippen molar-refractivity contribution in [2.75, 3.05) is 0 Å². The fraction of sp³-hybridized carbons (Fsp3) is 0.167. The van der Waals surface area contributed by atoms with Crippen LogP contribution in [0.2, 0.25) is 0 Å². The van der Waals surface area contributed by atoms with Gasteiger partial charge in [-0.15, -0.1) is 0 Å². The Morgan fingerprint density at radius 2 is 1.31 bits per heavy atom. The van der Waals surface area contributed by atoms with Crippen molar-refractivity contribution in [3.05, 3.63) is 49.6 Å². The van der Waals surface area contributed by atoms with E-state index in [1.54, 1.807) is 24.8 Å². The zero-order valence-corrected chi connectivity index (χ0v) is 9.67. The normalized spacial score (nSPS) is 9.12. The molecule has 16 heavy (non-hydrogen) atoms. The number of hydrogen-bond donors (Lipinski definition) is 0. The van der Waals surface area contributed by atoms with Gasteiger partial charge >= 0.3 is 0 Å². The van der Waals surface area contributed by atoms with Crippen LogP contribution in [0, 0.1) is 13.8 Å². The standard InChI is InChI=1S/2C6H8N2/c2*1-3-8-5-4-7-6(8)2/h2*3-5H,1H2,2H3. The second kappa shape index (κ2) is 5.70. The number of nitrogens with zero attached hydrogens (tertiary/aromatic N) is 4. The lowest BCUT2D eigenvalue weighted by Gasteiger charge is -1.90. The van der Waals surface area contributed by atoms with Crippen molar-refractivity contribution < 1.29 is 0 Å². The number of hydrogen-bond acceptors (Lipinski definition) is 2. The Morgan fingerprint density at radius 3 is 1.44 bits per heavy atom. The van der Waals surface area contributed by atoms with Crippen LogP contribution in [0.3, 0.4) is 0 Å². The van der Waals surface area contributed by atoms with E-state index in [4.69, 9.17) is 0 Å². The predicted molar refractivity (Wildman–Crippen MR) is 66.7 cm³/mol. The molecule has 0 radical (unpaired) electrons. The van der Waals surface area contributed by atoms with E-state index in [1.165, 1.54) is 0 Å². The first-order valence-corrected chi connectivity index (χ1v) is 4.93. The van der Waals surface area contributed by atoms with Gasteiger partial charge in [-0.1, -0.05) is 13.2 Å². The lowest BCUT2D eigenvalue weighted by Crippen LogP contribution is -1.84. The second-order valence-electron chi connectivity index (χ2n) is 3.13. The molecule has 0 aliphatic carbocycles. The molecule has 84 valence electrons. The Kier molecular flexibility index (Phi) is 4.27. The third-order valence-electron chi connectivity index (χ3n) is 2.12. The zero-order chi connectivity index (χ0) is 12.0. The zero-order valence-electron chi connectivity index (χ0n) is 9.67. The van der Waals surface area contributed by atoms with Gasteiger partial charge in [-0.3, -0.25) is 0 Å². The smallest absolute Gasteiger partial charge is 0.109 e. The summed E-state index contributed by atoms with van der Waals surface area (Å²) >= 11 is 0. The highest BCUT2D eigenvalue weighted by molar-refractivity contribution is 5.19. The predicted octanol–water partition coefficient (Wildman–Crippen LogP) is 2.58. The summed E-state index contributed by atoms with van der Waals surface area (Å²) in [5.41, 5.74) is 0. The molecule has 2 rings (SSSR count). The molecule has 0 bridgehead atoms. The van der Waals surface area contributed by atoms with Crippen LogP contribution in [0.15, 0.2) is 37.9 Å². The van der Waals surface area contributed by atoms with Gasteiger partial charge in [0, 0.05) is 37.2 Å². The Morgan fingerprint density at radius 1 is 0.938 bits per heavy atom. The maximum Gasteiger partial charge on any atom is 0.109 e. The molecule has 2 aromatic heterocycles. The summed E-state index contributed by atoms with van der Waals surface area (Å²) in [6.07, 6.45) is 10.7. The second-order valence-corrected chi connectivity index (χ2v) is 3.13. The molecule has 4 heteroatoms. The van der Waals surface area contributed by atoms with Gasteiger partial charge in [0.25, 0.3) is 0 Å². The SMILES string of the molecule is C=Cn1ccnc1C.C=Cn1ccnc1C. The monoisotopic (exact) mass is 216 g/mol. The van der Waals surface area contributed by atoms with Crippen LogP contribution in [-0.4, -0.2) is 19.1 Å². The third-order valence-corrected chi connectivity index (χ3v) is 2.12. The van der Waals surface area contributed by atoms with Crippen molar-refractivity contribution in [1.29, 1.82) is 0 Å². The van der Waals surface area contributed by atoms with E-state index in [9.17, 15) is 0 Å². The maximum atomic E-state index is 3.98. The minimum Gasteiger partial charge on any atom is -0.311 e. The summed E-state index contributed by atoms with van der Waals surface area (Å²) in [6, 6.07) is 0. The lowest BCUT2D eigenvalue weighted by molar-refractivity contribution is 1.03. The molecule has 0 unspecified atom stereocenters.